The van der Waals surface area contributed by atoms with Crippen LogP contribution in [-0.4, -0.2) is 25.1 Å². The fourth-order valence-electron chi connectivity index (χ4n) is 2.62. The number of likely N-dealkylation sites (N-methyl/N-ethyl adjacent to an activating group) is 1. The Hall–Kier alpha value is -1.35. The third-order valence-electron chi connectivity index (χ3n) is 3.64. The van der Waals surface area contributed by atoms with Crippen molar-refractivity contribution in [2.75, 3.05) is 20.2 Å². The quantitative estimate of drug-likeness (QED) is 0.794. The molecule has 3 heteroatoms. The number of rotatable bonds is 1. The van der Waals surface area contributed by atoms with E-state index in [4.69, 9.17) is 4.74 Å². The molecule has 106 valence electrons. The summed E-state index contributed by atoms with van der Waals surface area (Å²) in [7, 11) is 2.14. The third-order valence-corrected chi connectivity index (χ3v) is 3.64. The number of nitrogens with zero attached hydrogens (tertiary/aromatic N) is 1. The first-order valence-electron chi connectivity index (χ1n) is 6.77. The van der Waals surface area contributed by atoms with E-state index in [-0.39, 0.29) is 18.5 Å². The normalized spacial score (nSPS) is 19.4. The van der Waals surface area contributed by atoms with Gasteiger partial charge in [-0.15, -0.1) is 12.4 Å². The van der Waals surface area contributed by atoms with Crippen LogP contribution in [0.3, 0.4) is 0 Å². The van der Waals surface area contributed by atoms with Crippen LogP contribution in [0.2, 0.25) is 0 Å². The van der Waals surface area contributed by atoms with Crippen molar-refractivity contribution in [1.82, 2.24) is 4.90 Å². The highest BCUT2D eigenvalue weighted by Gasteiger charge is 2.20. The summed E-state index contributed by atoms with van der Waals surface area (Å²) in [4.78, 5) is 2.31. The number of ether oxygens (including phenoxy) is 1. The van der Waals surface area contributed by atoms with Gasteiger partial charge in [-0.25, -0.2) is 0 Å². The number of fused-ring (bicyclic) bond motifs is 1. The molecule has 1 unspecified atom stereocenters. The summed E-state index contributed by atoms with van der Waals surface area (Å²) in [5.41, 5.74) is 3.89. The van der Waals surface area contributed by atoms with Crippen LogP contribution in [0.4, 0.5) is 0 Å². The minimum atomic E-state index is 0. The summed E-state index contributed by atoms with van der Waals surface area (Å²) in [5.74, 6) is 0. The van der Waals surface area contributed by atoms with E-state index in [9.17, 15) is 0 Å². The van der Waals surface area contributed by atoms with Crippen LogP contribution in [0, 0.1) is 0 Å². The van der Waals surface area contributed by atoms with Gasteiger partial charge in [0.15, 0.2) is 0 Å². The summed E-state index contributed by atoms with van der Waals surface area (Å²) >= 11 is 0. The highest BCUT2D eigenvalue weighted by Crippen LogP contribution is 2.30. The molecule has 0 aliphatic carbocycles. The van der Waals surface area contributed by atoms with E-state index in [2.05, 4.69) is 60.5 Å². The summed E-state index contributed by atoms with van der Waals surface area (Å²) < 4.78 is 6.12. The van der Waals surface area contributed by atoms with Crippen LogP contribution >= 0.6 is 12.4 Å². The van der Waals surface area contributed by atoms with Crippen LogP contribution in [0.15, 0.2) is 54.6 Å². The second-order valence-electron chi connectivity index (χ2n) is 5.10. The molecular formula is C17H20ClNO. The first-order valence-corrected chi connectivity index (χ1v) is 6.77. The largest absolute Gasteiger partial charge is 0.367 e. The average Bonchev–Trinajstić information content (AvgIpc) is 2.43. The van der Waals surface area contributed by atoms with Gasteiger partial charge in [-0.3, -0.25) is 4.90 Å². The molecule has 1 aliphatic heterocycles. The Morgan fingerprint density at radius 2 is 1.70 bits per heavy atom. The van der Waals surface area contributed by atoms with Crippen LogP contribution in [0.25, 0.3) is 0 Å². The van der Waals surface area contributed by atoms with Crippen LogP contribution < -0.4 is 0 Å². The van der Waals surface area contributed by atoms with Crippen LogP contribution in [0.5, 0.6) is 0 Å². The molecule has 2 aromatic carbocycles. The van der Waals surface area contributed by atoms with E-state index >= 15 is 0 Å². The van der Waals surface area contributed by atoms with Crippen LogP contribution in [0.1, 0.15) is 22.8 Å². The second-order valence-corrected chi connectivity index (χ2v) is 5.10. The Morgan fingerprint density at radius 1 is 1.00 bits per heavy atom. The highest BCUT2D eigenvalue weighted by atomic mass is 35.5. The lowest BCUT2D eigenvalue weighted by Gasteiger charge is -2.28. The molecule has 0 fully saturated rings. The monoisotopic (exact) mass is 289 g/mol. The lowest BCUT2D eigenvalue weighted by molar-refractivity contribution is 0.0554. The van der Waals surface area contributed by atoms with Gasteiger partial charge in [-0.2, -0.15) is 0 Å². The second kappa shape index (κ2) is 6.89. The molecule has 0 aromatic heterocycles. The predicted molar refractivity (Wildman–Crippen MR) is 84.3 cm³/mol. The molecule has 2 nitrogen and oxygen atoms in total. The molecule has 1 heterocycles. The number of hydrogen-bond acceptors (Lipinski definition) is 2. The Kier molecular flexibility index (Phi) is 5.18. The molecule has 0 radical (unpaired) electrons. The number of benzene rings is 2. The van der Waals surface area contributed by atoms with Crippen molar-refractivity contribution in [3.8, 4) is 0 Å². The molecule has 0 spiro atoms. The van der Waals surface area contributed by atoms with E-state index in [1.165, 1.54) is 16.7 Å². The summed E-state index contributed by atoms with van der Waals surface area (Å²) in [6.07, 6.45) is 0.0612. The molecule has 2 aromatic rings. The average molecular weight is 290 g/mol. The van der Waals surface area contributed by atoms with Crippen molar-refractivity contribution >= 4 is 12.4 Å². The fraction of sp³-hybridized carbons (Fsp3) is 0.294. The summed E-state index contributed by atoms with van der Waals surface area (Å²) in [6, 6.07) is 19.1. The molecule has 0 saturated carbocycles. The minimum absolute atomic E-state index is 0. The van der Waals surface area contributed by atoms with Gasteiger partial charge in [0.05, 0.1) is 6.61 Å². The van der Waals surface area contributed by atoms with Gasteiger partial charge < -0.3 is 4.74 Å². The minimum Gasteiger partial charge on any atom is -0.367 e. The fourth-order valence-corrected chi connectivity index (χ4v) is 2.62. The molecule has 1 aliphatic rings. The molecule has 0 N–H and O–H groups in total. The maximum Gasteiger partial charge on any atom is 0.108 e. The molecular weight excluding hydrogens is 270 g/mol. The lowest BCUT2D eigenvalue weighted by atomic mass is 9.96. The van der Waals surface area contributed by atoms with Crippen molar-refractivity contribution in [3.63, 3.8) is 0 Å². The smallest absolute Gasteiger partial charge is 0.108 e. The summed E-state index contributed by atoms with van der Waals surface area (Å²) in [5, 5.41) is 0. The molecule has 0 saturated heterocycles. The van der Waals surface area contributed by atoms with E-state index < -0.39 is 0 Å². The Morgan fingerprint density at radius 3 is 2.50 bits per heavy atom. The molecule has 3 rings (SSSR count). The van der Waals surface area contributed by atoms with Gasteiger partial charge in [0.25, 0.3) is 0 Å². The van der Waals surface area contributed by atoms with Crippen LogP contribution in [-0.2, 0) is 11.3 Å². The van der Waals surface area contributed by atoms with E-state index in [1.54, 1.807) is 0 Å². The van der Waals surface area contributed by atoms with Gasteiger partial charge in [0.1, 0.15) is 6.10 Å². The summed E-state index contributed by atoms with van der Waals surface area (Å²) in [6.45, 7) is 2.73. The molecule has 0 amide bonds. The predicted octanol–water partition coefficient (Wildman–Crippen LogP) is 3.66. The molecule has 0 bridgehead atoms. The number of hydrogen-bond donors (Lipinski definition) is 0. The van der Waals surface area contributed by atoms with Crippen molar-refractivity contribution in [2.45, 2.75) is 12.6 Å². The van der Waals surface area contributed by atoms with Gasteiger partial charge in [-0.1, -0.05) is 54.6 Å². The first-order chi connectivity index (χ1) is 9.34. The van der Waals surface area contributed by atoms with Crippen molar-refractivity contribution in [2.24, 2.45) is 0 Å². The van der Waals surface area contributed by atoms with Gasteiger partial charge in [-0.05, 0) is 23.7 Å². The first kappa shape index (κ1) is 15.0. The van der Waals surface area contributed by atoms with E-state index in [1.807, 2.05) is 6.07 Å². The molecule has 20 heavy (non-hydrogen) atoms. The zero-order valence-electron chi connectivity index (χ0n) is 11.7. The Labute approximate surface area is 126 Å². The van der Waals surface area contributed by atoms with Gasteiger partial charge >= 0.3 is 0 Å². The topological polar surface area (TPSA) is 12.5 Å². The SMILES string of the molecule is CN1CCOC(c2ccccc2)c2ccccc2C1.Cl. The van der Waals surface area contributed by atoms with Gasteiger partial charge in [0, 0.05) is 13.1 Å². The lowest BCUT2D eigenvalue weighted by Crippen LogP contribution is -2.27. The number of halogens is 1. The third kappa shape index (κ3) is 3.21. The standard InChI is InChI=1S/C17H19NO.ClH/c1-18-11-12-19-17(14-7-3-2-4-8-14)16-10-6-5-9-15(16)13-18;/h2-10,17H,11-13H2,1H3;1H. The highest BCUT2D eigenvalue weighted by molar-refractivity contribution is 5.85. The maximum absolute atomic E-state index is 6.12. The van der Waals surface area contributed by atoms with Gasteiger partial charge in [0.2, 0.25) is 0 Å². The van der Waals surface area contributed by atoms with Crippen molar-refractivity contribution in [3.05, 3.63) is 71.3 Å². The van der Waals surface area contributed by atoms with Crippen molar-refractivity contribution < 1.29 is 4.74 Å². The molecule has 1 atom stereocenters. The van der Waals surface area contributed by atoms with E-state index in [0.29, 0.717) is 0 Å². The Balaban J connectivity index is 0.00000147. The Bertz CT molecular complexity index is 544. The van der Waals surface area contributed by atoms with Crippen molar-refractivity contribution in [1.29, 1.82) is 0 Å². The maximum atomic E-state index is 6.12. The van der Waals surface area contributed by atoms with E-state index in [0.717, 1.165) is 19.7 Å². The zero-order valence-corrected chi connectivity index (χ0v) is 12.5. The zero-order chi connectivity index (χ0) is 13.1.